The van der Waals surface area contributed by atoms with Gasteiger partial charge in [-0.05, 0) is 50.7 Å². The summed E-state index contributed by atoms with van der Waals surface area (Å²) in [5.74, 6) is -0.671. The van der Waals surface area contributed by atoms with Gasteiger partial charge < -0.3 is 14.7 Å². The molecule has 4 aromatic rings. The van der Waals surface area contributed by atoms with Crippen LogP contribution in [0, 0.1) is 12.7 Å². The van der Waals surface area contributed by atoms with Crippen molar-refractivity contribution in [1.29, 1.82) is 0 Å². The van der Waals surface area contributed by atoms with Crippen LogP contribution < -0.4 is 4.74 Å². The maximum absolute atomic E-state index is 15.5. The van der Waals surface area contributed by atoms with Crippen LogP contribution in [0.15, 0.2) is 91.1 Å². The molecular formula is C31H33FN2O2. The summed E-state index contributed by atoms with van der Waals surface area (Å²) < 4.78 is 21.2. The summed E-state index contributed by atoms with van der Waals surface area (Å²) in [6, 6.07) is 26.6. The summed E-state index contributed by atoms with van der Waals surface area (Å²) in [5.41, 5.74) is 3.02. The Morgan fingerprint density at radius 3 is 2.25 bits per heavy atom. The predicted octanol–water partition coefficient (Wildman–Crippen LogP) is 6.18. The van der Waals surface area contributed by atoms with Gasteiger partial charge in [0.25, 0.3) is 0 Å². The van der Waals surface area contributed by atoms with Gasteiger partial charge in [-0.15, -0.1) is 0 Å². The van der Waals surface area contributed by atoms with Crippen molar-refractivity contribution in [1.82, 2.24) is 9.88 Å². The van der Waals surface area contributed by atoms with Gasteiger partial charge in [0.15, 0.2) is 0 Å². The number of aliphatic hydroxyl groups is 1. The second-order valence-electron chi connectivity index (χ2n) is 9.49. The van der Waals surface area contributed by atoms with Gasteiger partial charge in [0.05, 0.1) is 7.11 Å². The SMILES string of the molecule is COc1ncc(-c2ccccc2)cc1C(c1ccccc1)C(O)(CCN(C)C)c1cc(C)ccc1F. The number of hydrogen-bond donors (Lipinski definition) is 1. The fraction of sp³-hybridized carbons (Fsp3) is 0.258. The highest BCUT2D eigenvalue weighted by Crippen LogP contribution is 2.48. The molecule has 0 saturated carbocycles. The number of ether oxygens (including phenoxy) is 1. The van der Waals surface area contributed by atoms with Gasteiger partial charge in [0.2, 0.25) is 5.88 Å². The fourth-order valence-corrected chi connectivity index (χ4v) is 4.79. The van der Waals surface area contributed by atoms with E-state index in [1.807, 2.05) is 92.6 Å². The van der Waals surface area contributed by atoms with E-state index in [2.05, 4.69) is 4.98 Å². The van der Waals surface area contributed by atoms with Crippen molar-refractivity contribution in [3.8, 4) is 17.0 Å². The molecule has 3 aromatic carbocycles. The van der Waals surface area contributed by atoms with Crippen LogP contribution in [0.4, 0.5) is 4.39 Å². The van der Waals surface area contributed by atoms with Gasteiger partial charge >= 0.3 is 0 Å². The molecule has 0 radical (unpaired) electrons. The van der Waals surface area contributed by atoms with Crippen molar-refractivity contribution in [2.45, 2.75) is 24.9 Å². The van der Waals surface area contributed by atoms with E-state index in [1.54, 1.807) is 25.4 Å². The van der Waals surface area contributed by atoms with E-state index < -0.39 is 17.3 Å². The molecular weight excluding hydrogens is 451 g/mol. The molecule has 4 nitrogen and oxygen atoms in total. The van der Waals surface area contributed by atoms with Crippen molar-refractivity contribution >= 4 is 0 Å². The van der Waals surface area contributed by atoms with E-state index in [0.29, 0.717) is 24.4 Å². The summed E-state index contributed by atoms with van der Waals surface area (Å²) in [6.45, 7) is 2.46. The first-order valence-corrected chi connectivity index (χ1v) is 12.1. The van der Waals surface area contributed by atoms with Crippen molar-refractivity contribution in [3.05, 3.63) is 119 Å². The Bertz CT molecular complexity index is 1290. The zero-order valence-electron chi connectivity index (χ0n) is 21.3. The smallest absolute Gasteiger partial charge is 0.217 e. The van der Waals surface area contributed by atoms with Gasteiger partial charge in [-0.2, -0.15) is 0 Å². The Balaban J connectivity index is 2.01. The minimum Gasteiger partial charge on any atom is -0.481 e. The Labute approximate surface area is 213 Å². The van der Waals surface area contributed by atoms with Crippen LogP contribution in [0.2, 0.25) is 0 Å². The number of nitrogens with zero attached hydrogens (tertiary/aromatic N) is 2. The van der Waals surface area contributed by atoms with Crippen LogP contribution in [0.1, 0.15) is 34.6 Å². The molecule has 1 N–H and O–H groups in total. The second-order valence-corrected chi connectivity index (χ2v) is 9.49. The van der Waals surface area contributed by atoms with E-state index in [-0.39, 0.29) is 5.56 Å². The quantitative estimate of drug-likeness (QED) is 0.308. The van der Waals surface area contributed by atoms with Crippen LogP contribution in [-0.4, -0.2) is 42.7 Å². The van der Waals surface area contributed by atoms with Crippen molar-refractivity contribution in [3.63, 3.8) is 0 Å². The molecule has 0 aliphatic rings. The standard InChI is InChI=1S/C31H33FN2O2/c1-22-15-16-28(32)27(19-22)31(35,17-18-34(2)3)29(24-13-9-6-10-14-24)26-20-25(21-33-30(26)36-4)23-11-7-5-8-12-23/h5-16,19-21,29,35H,17-18H2,1-4H3. The largest absolute Gasteiger partial charge is 0.481 e. The van der Waals surface area contributed by atoms with Crippen molar-refractivity contribution < 1.29 is 14.2 Å². The lowest BCUT2D eigenvalue weighted by Crippen LogP contribution is -2.38. The van der Waals surface area contributed by atoms with E-state index in [4.69, 9.17) is 4.74 Å². The zero-order chi connectivity index (χ0) is 25.7. The molecule has 0 aliphatic carbocycles. The molecule has 0 bridgehead atoms. The monoisotopic (exact) mass is 484 g/mol. The summed E-state index contributed by atoms with van der Waals surface area (Å²) >= 11 is 0. The predicted molar refractivity (Wildman–Crippen MR) is 143 cm³/mol. The molecule has 186 valence electrons. The minimum absolute atomic E-state index is 0.269. The Morgan fingerprint density at radius 2 is 1.61 bits per heavy atom. The molecule has 0 amide bonds. The van der Waals surface area contributed by atoms with Crippen LogP contribution >= 0.6 is 0 Å². The van der Waals surface area contributed by atoms with Gasteiger partial charge in [0, 0.05) is 35.3 Å². The molecule has 0 spiro atoms. The normalized spacial score (nSPS) is 13.9. The highest BCUT2D eigenvalue weighted by molar-refractivity contribution is 5.65. The number of halogens is 1. The van der Waals surface area contributed by atoms with Gasteiger partial charge in [0.1, 0.15) is 11.4 Å². The number of pyridine rings is 1. The first-order chi connectivity index (χ1) is 17.3. The third kappa shape index (κ3) is 5.32. The first-order valence-electron chi connectivity index (χ1n) is 12.1. The Hall–Kier alpha value is -3.54. The summed E-state index contributed by atoms with van der Waals surface area (Å²) in [7, 11) is 5.47. The van der Waals surface area contributed by atoms with Crippen LogP contribution in [-0.2, 0) is 5.60 Å². The highest BCUT2D eigenvalue weighted by Gasteiger charge is 2.44. The van der Waals surface area contributed by atoms with Gasteiger partial charge in [-0.3, -0.25) is 0 Å². The zero-order valence-corrected chi connectivity index (χ0v) is 21.3. The van der Waals surface area contributed by atoms with Crippen LogP contribution in [0.5, 0.6) is 5.88 Å². The number of aryl methyl sites for hydroxylation is 1. The van der Waals surface area contributed by atoms with Gasteiger partial charge in [-0.1, -0.05) is 78.4 Å². The molecule has 36 heavy (non-hydrogen) atoms. The van der Waals surface area contributed by atoms with Crippen LogP contribution in [0.25, 0.3) is 11.1 Å². The summed E-state index contributed by atoms with van der Waals surface area (Å²) in [5, 5.41) is 12.6. The highest BCUT2D eigenvalue weighted by atomic mass is 19.1. The van der Waals surface area contributed by atoms with E-state index in [9.17, 15) is 5.11 Å². The number of benzene rings is 3. The van der Waals surface area contributed by atoms with Crippen molar-refractivity contribution in [2.75, 3.05) is 27.7 Å². The third-order valence-corrected chi connectivity index (χ3v) is 6.63. The molecule has 1 aromatic heterocycles. The average Bonchev–Trinajstić information content (AvgIpc) is 2.90. The van der Waals surface area contributed by atoms with E-state index in [0.717, 1.165) is 22.3 Å². The number of rotatable bonds is 9. The third-order valence-electron chi connectivity index (χ3n) is 6.63. The van der Waals surface area contributed by atoms with Crippen molar-refractivity contribution in [2.24, 2.45) is 0 Å². The fourth-order valence-electron chi connectivity index (χ4n) is 4.79. The lowest BCUT2D eigenvalue weighted by Gasteiger charge is -2.39. The Morgan fingerprint density at radius 1 is 0.944 bits per heavy atom. The Kier molecular flexibility index (Phi) is 7.82. The second kappa shape index (κ2) is 11.0. The number of hydrogen-bond acceptors (Lipinski definition) is 4. The van der Waals surface area contributed by atoms with E-state index in [1.165, 1.54) is 6.07 Å². The molecule has 2 atom stereocenters. The molecule has 0 aliphatic heterocycles. The molecule has 1 heterocycles. The lowest BCUT2D eigenvalue weighted by atomic mass is 9.71. The topological polar surface area (TPSA) is 45.6 Å². The summed E-state index contributed by atoms with van der Waals surface area (Å²) in [4.78, 5) is 6.62. The maximum atomic E-state index is 15.5. The average molecular weight is 485 g/mol. The van der Waals surface area contributed by atoms with Gasteiger partial charge in [-0.25, -0.2) is 9.37 Å². The molecule has 5 heteroatoms. The number of methoxy groups -OCH3 is 1. The number of aromatic nitrogens is 1. The molecule has 0 saturated heterocycles. The first kappa shape index (κ1) is 25.5. The van der Waals surface area contributed by atoms with Crippen LogP contribution in [0.3, 0.4) is 0 Å². The molecule has 0 fully saturated rings. The molecule has 4 rings (SSSR count). The lowest BCUT2D eigenvalue weighted by molar-refractivity contribution is 0.000555. The maximum Gasteiger partial charge on any atom is 0.217 e. The summed E-state index contributed by atoms with van der Waals surface area (Å²) in [6.07, 6.45) is 2.07. The minimum atomic E-state index is -1.58. The van der Waals surface area contributed by atoms with E-state index >= 15 is 4.39 Å². The molecule has 2 unspecified atom stereocenters.